The van der Waals surface area contributed by atoms with Crippen molar-refractivity contribution in [3.05, 3.63) is 105 Å². The lowest BCUT2D eigenvalue weighted by atomic mass is 9.94. The Balaban J connectivity index is 1.93. The summed E-state index contributed by atoms with van der Waals surface area (Å²) in [4.78, 5) is 40.4. The smallest absolute Gasteiger partial charge is 0.300 e. The molecule has 4 rings (SSSR count). The molecule has 1 N–H and O–H groups in total. The molecule has 0 saturated carbocycles. The second-order valence-corrected chi connectivity index (χ2v) is 8.30. The minimum atomic E-state index is -0.899. The molecule has 3 aromatic carbocycles. The molecular weight excluding hydrogens is 434 g/mol. The number of aryl methyl sites for hydroxylation is 1. The number of benzene rings is 3. The number of hydrogen-bond acceptors (Lipinski definition) is 6. The van der Waals surface area contributed by atoms with E-state index in [1.54, 1.807) is 18.2 Å². The number of anilines is 2. The molecule has 1 aliphatic rings. The van der Waals surface area contributed by atoms with E-state index < -0.39 is 28.4 Å². The number of ketones is 1. The number of nitrogens with zero attached hydrogens (tertiary/aromatic N) is 3. The molecule has 1 saturated heterocycles. The first-order valence-corrected chi connectivity index (χ1v) is 10.6. The lowest BCUT2D eigenvalue weighted by Crippen LogP contribution is -2.29. The zero-order valence-electron chi connectivity index (χ0n) is 18.9. The highest BCUT2D eigenvalue weighted by molar-refractivity contribution is 6.51. The van der Waals surface area contributed by atoms with Gasteiger partial charge in [0.1, 0.15) is 5.76 Å². The van der Waals surface area contributed by atoms with Crippen LogP contribution < -0.4 is 9.80 Å². The van der Waals surface area contributed by atoms with Gasteiger partial charge in [-0.2, -0.15) is 0 Å². The maximum atomic E-state index is 13.2. The molecule has 1 unspecified atom stereocenters. The van der Waals surface area contributed by atoms with Gasteiger partial charge in [0.25, 0.3) is 17.4 Å². The molecule has 34 heavy (non-hydrogen) atoms. The van der Waals surface area contributed by atoms with Crippen LogP contribution in [0.1, 0.15) is 22.7 Å². The van der Waals surface area contributed by atoms with Gasteiger partial charge in [0.15, 0.2) is 0 Å². The van der Waals surface area contributed by atoms with Crippen LogP contribution in [-0.2, 0) is 9.59 Å². The van der Waals surface area contributed by atoms with Crippen molar-refractivity contribution in [1.29, 1.82) is 0 Å². The molecule has 0 aromatic heterocycles. The number of amides is 1. The van der Waals surface area contributed by atoms with Crippen LogP contribution in [0, 0.1) is 17.0 Å². The molecule has 0 bridgehead atoms. The summed E-state index contributed by atoms with van der Waals surface area (Å²) in [6, 6.07) is 19.0. The lowest BCUT2D eigenvalue weighted by Gasteiger charge is -2.26. The highest BCUT2D eigenvalue weighted by Gasteiger charge is 2.47. The van der Waals surface area contributed by atoms with E-state index in [9.17, 15) is 24.8 Å². The predicted octanol–water partition coefficient (Wildman–Crippen LogP) is 4.60. The number of non-ortho nitro benzene ring substituents is 1. The lowest BCUT2D eigenvalue weighted by molar-refractivity contribution is -0.384. The van der Waals surface area contributed by atoms with Gasteiger partial charge in [-0.3, -0.25) is 24.6 Å². The number of nitro groups is 1. The van der Waals surface area contributed by atoms with E-state index in [0.717, 1.165) is 11.3 Å². The second-order valence-electron chi connectivity index (χ2n) is 8.30. The summed E-state index contributed by atoms with van der Waals surface area (Å²) in [7, 11) is 3.79. The Labute approximate surface area is 196 Å². The first-order valence-electron chi connectivity index (χ1n) is 10.6. The number of hydrogen-bond donors (Lipinski definition) is 1. The number of rotatable bonds is 5. The van der Waals surface area contributed by atoms with E-state index in [2.05, 4.69) is 0 Å². The Hall–Kier alpha value is -4.46. The third-order valence-corrected chi connectivity index (χ3v) is 5.78. The van der Waals surface area contributed by atoms with E-state index in [4.69, 9.17) is 0 Å². The van der Waals surface area contributed by atoms with E-state index in [1.807, 2.05) is 56.3 Å². The van der Waals surface area contributed by atoms with Gasteiger partial charge in [-0.1, -0.05) is 42.0 Å². The van der Waals surface area contributed by atoms with Crippen LogP contribution >= 0.6 is 0 Å². The van der Waals surface area contributed by atoms with Gasteiger partial charge in [0.2, 0.25) is 0 Å². The molecule has 1 aliphatic heterocycles. The number of carbonyl (C=O) groups excluding carboxylic acids is 2. The molecule has 1 amide bonds. The third kappa shape index (κ3) is 4.01. The van der Waals surface area contributed by atoms with Crippen molar-refractivity contribution in [2.45, 2.75) is 13.0 Å². The van der Waals surface area contributed by atoms with Crippen molar-refractivity contribution in [2.24, 2.45) is 0 Å². The molecule has 1 fully saturated rings. The van der Waals surface area contributed by atoms with E-state index in [0.29, 0.717) is 11.3 Å². The quantitative estimate of drug-likeness (QED) is 0.198. The van der Waals surface area contributed by atoms with Crippen molar-refractivity contribution >= 4 is 34.5 Å². The van der Waals surface area contributed by atoms with Crippen LogP contribution in [0.4, 0.5) is 17.1 Å². The van der Waals surface area contributed by atoms with Crippen molar-refractivity contribution in [1.82, 2.24) is 0 Å². The largest absolute Gasteiger partial charge is 0.507 e. The van der Waals surface area contributed by atoms with Gasteiger partial charge in [-0.15, -0.1) is 0 Å². The minimum absolute atomic E-state index is 0.0906. The SMILES string of the molecule is Cc1cccc(C2/C(=C(/O)c3cccc([N+](=O)[O-])c3)C(=O)C(=O)N2c2ccc(N(C)C)cc2)c1. The molecule has 1 atom stereocenters. The minimum Gasteiger partial charge on any atom is -0.507 e. The van der Waals surface area contributed by atoms with Crippen molar-refractivity contribution in [3.8, 4) is 0 Å². The van der Waals surface area contributed by atoms with Crippen LogP contribution in [0.15, 0.2) is 78.4 Å². The third-order valence-electron chi connectivity index (χ3n) is 5.78. The van der Waals surface area contributed by atoms with Crippen LogP contribution in [0.5, 0.6) is 0 Å². The zero-order chi connectivity index (χ0) is 24.6. The Morgan fingerprint density at radius 2 is 1.68 bits per heavy atom. The Bertz CT molecular complexity index is 1330. The van der Waals surface area contributed by atoms with E-state index in [1.165, 1.54) is 29.2 Å². The standard InChI is InChI=1S/C26H23N3O5/c1-16-6-4-7-17(14-16)23-22(24(30)18-8-5-9-21(15-18)29(33)34)25(31)26(32)28(23)20-12-10-19(11-13-20)27(2)3/h4-15,23,30H,1-3H3/b24-22-. The zero-order valence-corrected chi connectivity index (χ0v) is 18.9. The van der Waals surface area contributed by atoms with E-state index >= 15 is 0 Å². The van der Waals surface area contributed by atoms with E-state index in [-0.39, 0.29) is 16.8 Å². The average molecular weight is 457 g/mol. The fourth-order valence-corrected chi connectivity index (χ4v) is 4.09. The van der Waals surface area contributed by atoms with Gasteiger partial charge >= 0.3 is 0 Å². The van der Waals surface area contributed by atoms with Crippen LogP contribution in [0.25, 0.3) is 5.76 Å². The Morgan fingerprint density at radius 1 is 1.00 bits per heavy atom. The highest BCUT2D eigenvalue weighted by atomic mass is 16.6. The summed E-state index contributed by atoms with van der Waals surface area (Å²) in [6.07, 6.45) is 0. The van der Waals surface area contributed by atoms with Crippen LogP contribution in [0.2, 0.25) is 0 Å². The van der Waals surface area contributed by atoms with Crippen molar-refractivity contribution < 1.29 is 19.6 Å². The highest BCUT2D eigenvalue weighted by Crippen LogP contribution is 2.42. The van der Waals surface area contributed by atoms with Gasteiger partial charge in [0.05, 0.1) is 16.5 Å². The maximum absolute atomic E-state index is 13.2. The number of carbonyl (C=O) groups is 2. The number of aliphatic hydroxyl groups is 1. The Morgan fingerprint density at radius 3 is 2.29 bits per heavy atom. The molecule has 8 nitrogen and oxygen atoms in total. The maximum Gasteiger partial charge on any atom is 0.300 e. The molecule has 8 heteroatoms. The fraction of sp³-hybridized carbons (Fsp3) is 0.154. The number of aliphatic hydroxyl groups excluding tert-OH is 1. The van der Waals surface area contributed by atoms with Crippen molar-refractivity contribution in [3.63, 3.8) is 0 Å². The normalized spacial score (nSPS) is 17.1. The first kappa shape index (κ1) is 22.7. The molecule has 1 heterocycles. The number of Topliss-reactive ketones (excluding diaryl/α,β-unsaturated/α-hetero) is 1. The molecule has 172 valence electrons. The van der Waals surface area contributed by atoms with Gasteiger partial charge in [0, 0.05) is 43.2 Å². The summed E-state index contributed by atoms with van der Waals surface area (Å²) in [5, 5.41) is 22.4. The molecule has 0 aliphatic carbocycles. The summed E-state index contributed by atoms with van der Waals surface area (Å²) >= 11 is 0. The Kier molecular flexibility index (Phi) is 5.89. The summed E-state index contributed by atoms with van der Waals surface area (Å²) in [5.74, 6) is -2.09. The number of nitro benzene ring substituents is 1. The second kappa shape index (κ2) is 8.82. The molecule has 0 spiro atoms. The monoisotopic (exact) mass is 457 g/mol. The average Bonchev–Trinajstić information content (AvgIpc) is 3.09. The predicted molar refractivity (Wildman–Crippen MR) is 130 cm³/mol. The first-order chi connectivity index (χ1) is 16.2. The van der Waals surface area contributed by atoms with Crippen molar-refractivity contribution in [2.75, 3.05) is 23.9 Å². The molecular formula is C26H23N3O5. The summed E-state index contributed by atoms with van der Waals surface area (Å²) in [6.45, 7) is 1.89. The fourth-order valence-electron chi connectivity index (χ4n) is 4.09. The van der Waals surface area contributed by atoms with Crippen LogP contribution in [0.3, 0.4) is 0 Å². The van der Waals surface area contributed by atoms with Crippen LogP contribution in [-0.4, -0.2) is 35.8 Å². The van der Waals surface area contributed by atoms with Gasteiger partial charge in [-0.05, 0) is 36.8 Å². The van der Waals surface area contributed by atoms with Gasteiger partial charge < -0.3 is 10.0 Å². The molecule has 0 radical (unpaired) electrons. The summed E-state index contributed by atoms with van der Waals surface area (Å²) < 4.78 is 0. The summed E-state index contributed by atoms with van der Waals surface area (Å²) in [5.41, 5.74) is 2.72. The topological polar surface area (TPSA) is 104 Å². The molecule has 3 aromatic rings. The van der Waals surface area contributed by atoms with Gasteiger partial charge in [-0.25, -0.2) is 0 Å².